The second-order valence-electron chi connectivity index (χ2n) is 21.2. The number of aromatic nitrogens is 4. The number of rotatable bonds is 12. The average molecular weight is 1370 g/mol. The summed E-state index contributed by atoms with van der Waals surface area (Å²) in [4.78, 5) is 70.9. The van der Waals surface area contributed by atoms with Crippen LogP contribution in [-0.2, 0) is 61.0 Å². The van der Waals surface area contributed by atoms with Gasteiger partial charge in [0.2, 0.25) is 0 Å². The quantitative estimate of drug-likeness (QED) is 0.0418. The van der Waals surface area contributed by atoms with Crippen LogP contribution in [0.1, 0.15) is 122 Å². The molecule has 0 fully saturated rings. The van der Waals surface area contributed by atoms with Crippen molar-refractivity contribution in [1.82, 2.24) is 30.6 Å². The van der Waals surface area contributed by atoms with E-state index in [1.165, 1.54) is 14.2 Å². The number of fused-ring (bicyclic) bond motifs is 14. The molecule has 10 rings (SSSR count). The topological polar surface area (TPSA) is 245 Å². The van der Waals surface area contributed by atoms with E-state index in [-0.39, 0.29) is 63.9 Å². The Kier molecular flexibility index (Phi) is 18.3. The predicted octanol–water partition coefficient (Wildman–Crippen LogP) is 6.01. The zero-order valence-electron chi connectivity index (χ0n) is 47.2. The van der Waals surface area contributed by atoms with Gasteiger partial charge in [-0.15, -0.1) is 0 Å². The molecule has 6 aliphatic rings. The van der Waals surface area contributed by atoms with E-state index in [1.807, 2.05) is 52.0 Å². The van der Waals surface area contributed by atoms with Crippen molar-refractivity contribution < 1.29 is 58.3 Å². The first-order valence-corrected chi connectivity index (χ1v) is 28.6. The number of esters is 2. The van der Waals surface area contributed by atoms with E-state index in [9.17, 15) is 29.4 Å². The van der Waals surface area contributed by atoms with Crippen molar-refractivity contribution >= 4 is 129 Å². The van der Waals surface area contributed by atoms with Crippen LogP contribution < -0.4 is 42.2 Å². The molecule has 6 aliphatic heterocycles. The van der Waals surface area contributed by atoms with Crippen LogP contribution in [0.15, 0.2) is 90.7 Å². The van der Waals surface area contributed by atoms with Gasteiger partial charge < -0.3 is 59.8 Å². The number of H-pyrrole nitrogens is 4. The van der Waals surface area contributed by atoms with Gasteiger partial charge in [0.15, 0.2) is 0 Å². The third-order valence-corrected chi connectivity index (χ3v) is 17.2. The minimum Gasteiger partial charge on any atom is -0.550 e. The monoisotopic (exact) mass is 1370 g/mol. The molecule has 19 heteroatoms. The summed E-state index contributed by atoms with van der Waals surface area (Å²) in [6, 6.07) is 4.23. The number of alkyl halides is 2. The first kappa shape index (κ1) is 60.5. The van der Waals surface area contributed by atoms with Gasteiger partial charge in [-0.1, -0.05) is 45.2 Å². The van der Waals surface area contributed by atoms with Crippen molar-refractivity contribution in [2.75, 3.05) is 14.2 Å². The maximum atomic E-state index is 12.0. The fourth-order valence-corrected chi connectivity index (χ4v) is 12.0. The number of aromatic amines is 4. The van der Waals surface area contributed by atoms with Gasteiger partial charge in [-0.2, -0.15) is 0 Å². The van der Waals surface area contributed by atoms with Crippen LogP contribution in [0.3, 0.4) is 0 Å². The molecule has 0 amide bonds. The summed E-state index contributed by atoms with van der Waals surface area (Å²) in [6.45, 7) is 16.5. The number of methoxy groups -OCH3 is 2. The number of nitrogens with zero attached hydrogens (tertiary/aromatic N) is 2. The molecule has 0 saturated heterocycles. The molecule has 6 N–H and O–H groups in total. The zero-order chi connectivity index (χ0) is 57.5. The SMILES string of the molecule is COC(=O)CCc1c(C)c2[nH]c1=CC1=NC(=Cc3[nH]c(cc3C)C=C3NC(=CC3(C)I)C=2)C(C)=C1CCC(=O)[O-].COC(=O)CCc1c(C)c2[nH]c1=CC1=NC(=Cc3[nH]c(cc3C)C=C3NC(=CC3(C)I)C=2)C(C)=C1CCC(=O)[O-].[Zn+2]. The largest absolute Gasteiger partial charge is 2.00 e. The summed E-state index contributed by atoms with van der Waals surface area (Å²) in [6.07, 6.45) is 22.7. The minimum absolute atomic E-state index is 0. The zero-order valence-corrected chi connectivity index (χ0v) is 54.5. The molecule has 16 nitrogen and oxygen atoms in total. The molecule has 0 spiro atoms. The summed E-state index contributed by atoms with van der Waals surface area (Å²) < 4.78 is 9.35. The summed E-state index contributed by atoms with van der Waals surface area (Å²) >= 11 is 4.90. The van der Waals surface area contributed by atoms with Crippen molar-refractivity contribution in [1.29, 1.82) is 0 Å². The van der Waals surface area contributed by atoms with E-state index in [2.05, 4.69) is 152 Å². The van der Waals surface area contributed by atoms with E-state index in [1.54, 1.807) is 0 Å². The van der Waals surface area contributed by atoms with Crippen molar-refractivity contribution in [3.63, 3.8) is 0 Å². The average Bonchev–Trinajstić information content (AvgIpc) is 4.46. The van der Waals surface area contributed by atoms with Gasteiger partial charge in [0.25, 0.3) is 0 Å². The minimum atomic E-state index is -1.10. The Bertz CT molecular complexity index is 3680. The summed E-state index contributed by atoms with van der Waals surface area (Å²) in [5.41, 5.74) is 20.7. The third kappa shape index (κ3) is 13.4. The Labute approximate surface area is 510 Å². The molecule has 4 aromatic rings. The number of carbonyl (C=O) groups excluding carboxylic acids is 4. The fourth-order valence-electron chi connectivity index (χ4n) is 10.8. The van der Waals surface area contributed by atoms with E-state index < -0.39 is 11.9 Å². The molecule has 0 saturated carbocycles. The Morgan fingerprint density at radius 3 is 1.27 bits per heavy atom. The number of carboxylic acids is 2. The molecule has 416 valence electrons. The number of nitrogens with one attached hydrogen (secondary N) is 6. The smallest absolute Gasteiger partial charge is 0.550 e. The summed E-state index contributed by atoms with van der Waals surface area (Å²) in [5.74, 6) is -2.75. The molecule has 0 aliphatic carbocycles. The molecule has 0 aromatic carbocycles. The molecule has 10 heterocycles. The van der Waals surface area contributed by atoms with Gasteiger partial charge in [-0.25, -0.2) is 9.98 Å². The van der Waals surface area contributed by atoms with Crippen LogP contribution in [0.2, 0.25) is 0 Å². The van der Waals surface area contributed by atoms with Crippen LogP contribution in [0, 0.1) is 27.7 Å². The maximum Gasteiger partial charge on any atom is 2.00 e. The van der Waals surface area contributed by atoms with E-state index in [0.717, 1.165) is 134 Å². The van der Waals surface area contributed by atoms with Crippen LogP contribution in [0.5, 0.6) is 0 Å². The Balaban J connectivity index is 0.000000210. The van der Waals surface area contributed by atoms with Crippen molar-refractivity contribution in [2.45, 2.75) is 114 Å². The molecule has 0 radical (unpaired) electrons. The molecular formula is C62H64I2N8O8Zn. The van der Waals surface area contributed by atoms with Crippen LogP contribution in [0.4, 0.5) is 0 Å². The second-order valence-corrected chi connectivity index (χ2v) is 25.7. The number of halogens is 2. The van der Waals surface area contributed by atoms with E-state index in [4.69, 9.17) is 19.5 Å². The van der Waals surface area contributed by atoms with Gasteiger partial charge in [-0.05, 0) is 222 Å². The van der Waals surface area contributed by atoms with Gasteiger partial charge in [0.05, 0.1) is 43.9 Å². The molecule has 2 unspecified atom stereocenters. The van der Waals surface area contributed by atoms with Crippen LogP contribution in [-0.4, -0.2) is 76.3 Å². The number of aryl methyl sites for hydroxylation is 2. The van der Waals surface area contributed by atoms with Crippen LogP contribution in [0.25, 0.3) is 48.6 Å². The maximum absolute atomic E-state index is 12.0. The fraction of sp³-hybridized carbons (Fsp3) is 0.323. The number of allylic oxidation sites excluding steroid dienone is 8. The molecule has 4 aromatic heterocycles. The molecule has 2 atom stereocenters. The number of carboxylic acid groups (broad SMARTS) is 2. The van der Waals surface area contributed by atoms with Gasteiger partial charge >= 0.3 is 31.4 Å². The molecule has 81 heavy (non-hydrogen) atoms. The Hall–Kier alpha value is -6.58. The van der Waals surface area contributed by atoms with Crippen molar-refractivity contribution in [2.24, 2.45) is 9.98 Å². The number of hydrogen-bond acceptors (Lipinski definition) is 12. The Morgan fingerprint density at radius 1 is 0.531 bits per heavy atom. The number of hydrogen-bond donors (Lipinski definition) is 6. The molecule has 16 bridgehead atoms. The summed E-state index contributed by atoms with van der Waals surface area (Å²) in [5, 5.41) is 33.4. The van der Waals surface area contributed by atoms with Crippen molar-refractivity contribution in [3.8, 4) is 0 Å². The van der Waals surface area contributed by atoms with E-state index >= 15 is 0 Å². The third-order valence-electron chi connectivity index (χ3n) is 15.4. The number of aliphatic imine (C=N–C) groups is 2. The standard InChI is InChI=1S/2C31H33IN4O4.Zn/c2*1-16-10-19-12-28-31(4,32)15-20(34-28)11-24-17(2)22(7-9-30(39)40-5)27(35-24)14-26-21(6-8-29(37)38)18(3)25(36-26)13-23(16)33-19;/h2*10-15,33-35H,6-9H2,1-5H3,(H,37,38);/q;;+2/p-2. The first-order valence-electron chi connectivity index (χ1n) is 26.5. The van der Waals surface area contributed by atoms with Gasteiger partial charge in [0, 0.05) is 91.7 Å². The predicted molar refractivity (Wildman–Crippen MR) is 327 cm³/mol. The number of carbonyl (C=O) groups is 4. The molecular weight excluding hydrogens is 1300 g/mol. The normalized spacial score (nSPS) is 19.4. The van der Waals surface area contributed by atoms with Gasteiger partial charge in [-0.3, -0.25) is 9.59 Å². The van der Waals surface area contributed by atoms with E-state index in [0.29, 0.717) is 37.1 Å². The Morgan fingerprint density at radius 2 is 0.914 bits per heavy atom. The van der Waals surface area contributed by atoms with Crippen LogP contribution >= 0.6 is 45.2 Å². The van der Waals surface area contributed by atoms with Gasteiger partial charge in [0.1, 0.15) is 0 Å². The number of aliphatic carboxylic acids is 2. The second kappa shape index (κ2) is 24.5. The first-order chi connectivity index (χ1) is 37.9. The number of ether oxygens (including phenoxy) is 2. The van der Waals surface area contributed by atoms with Crippen molar-refractivity contribution in [3.05, 3.63) is 158 Å². The summed E-state index contributed by atoms with van der Waals surface area (Å²) in [7, 11) is 2.78.